The van der Waals surface area contributed by atoms with Gasteiger partial charge in [0.25, 0.3) is 5.91 Å². The molecule has 0 aliphatic rings. The molecule has 22 heavy (non-hydrogen) atoms. The first-order valence-corrected chi connectivity index (χ1v) is 7.58. The Bertz CT molecular complexity index is 705. The van der Waals surface area contributed by atoms with Crippen molar-refractivity contribution in [2.75, 3.05) is 0 Å². The first kappa shape index (κ1) is 16.4. The maximum absolute atomic E-state index is 13.6. The second kappa shape index (κ2) is 7.35. The molecule has 4 nitrogen and oxygen atoms in total. The molecule has 1 amide bonds. The molecule has 0 spiro atoms. The quantitative estimate of drug-likeness (QED) is 0.742. The first-order chi connectivity index (χ1) is 10.5. The standard InChI is InChI=1S/C16H13FINO3/c17-13-7-2-1-6-12(13)15(20)19-14(16(21)22)9-10-4-3-5-11(18)8-10/h1-8,14H,9H2,(H,19,20)(H,21,22)/t14-/m0/s1. The van der Waals surface area contributed by atoms with Crippen LogP contribution in [0.4, 0.5) is 4.39 Å². The second-order valence-corrected chi connectivity index (χ2v) is 5.92. The molecule has 0 aromatic heterocycles. The largest absolute Gasteiger partial charge is 0.480 e. The molecule has 0 heterocycles. The van der Waals surface area contributed by atoms with E-state index in [2.05, 4.69) is 27.9 Å². The van der Waals surface area contributed by atoms with E-state index in [9.17, 15) is 19.1 Å². The van der Waals surface area contributed by atoms with Crippen molar-refractivity contribution in [1.29, 1.82) is 0 Å². The Labute approximate surface area is 140 Å². The van der Waals surface area contributed by atoms with E-state index in [-0.39, 0.29) is 12.0 Å². The lowest BCUT2D eigenvalue weighted by Crippen LogP contribution is -2.42. The van der Waals surface area contributed by atoms with Crippen LogP contribution >= 0.6 is 22.6 Å². The van der Waals surface area contributed by atoms with Gasteiger partial charge in [0.2, 0.25) is 0 Å². The molecule has 114 valence electrons. The van der Waals surface area contributed by atoms with Crippen molar-refractivity contribution in [1.82, 2.24) is 5.32 Å². The minimum Gasteiger partial charge on any atom is -0.480 e. The van der Waals surface area contributed by atoms with Crippen LogP contribution < -0.4 is 5.32 Å². The second-order valence-electron chi connectivity index (χ2n) is 4.68. The number of carbonyl (C=O) groups is 2. The molecule has 0 unspecified atom stereocenters. The molecule has 0 saturated carbocycles. The number of hydrogen-bond acceptors (Lipinski definition) is 2. The molecule has 0 aliphatic heterocycles. The number of amides is 1. The number of carbonyl (C=O) groups excluding carboxylic acids is 1. The highest BCUT2D eigenvalue weighted by Crippen LogP contribution is 2.11. The fraction of sp³-hybridized carbons (Fsp3) is 0.125. The van der Waals surface area contributed by atoms with Gasteiger partial charge in [-0.15, -0.1) is 0 Å². The summed E-state index contributed by atoms with van der Waals surface area (Å²) in [4.78, 5) is 23.4. The van der Waals surface area contributed by atoms with Crippen molar-refractivity contribution >= 4 is 34.5 Å². The van der Waals surface area contributed by atoms with Crippen LogP contribution in [0, 0.1) is 9.39 Å². The summed E-state index contributed by atoms with van der Waals surface area (Å²) in [6, 6.07) is 11.7. The highest BCUT2D eigenvalue weighted by Gasteiger charge is 2.22. The van der Waals surface area contributed by atoms with Crippen molar-refractivity contribution < 1.29 is 19.1 Å². The molecule has 1 atom stereocenters. The van der Waals surface area contributed by atoms with Gasteiger partial charge in [0.1, 0.15) is 11.9 Å². The Morgan fingerprint density at radius 2 is 1.91 bits per heavy atom. The summed E-state index contributed by atoms with van der Waals surface area (Å²) in [6.07, 6.45) is 0.131. The fourth-order valence-corrected chi connectivity index (χ4v) is 2.59. The predicted molar refractivity (Wildman–Crippen MR) is 88.2 cm³/mol. The van der Waals surface area contributed by atoms with Crippen LogP contribution in [0.25, 0.3) is 0 Å². The van der Waals surface area contributed by atoms with Gasteiger partial charge in [-0.2, -0.15) is 0 Å². The van der Waals surface area contributed by atoms with Crippen LogP contribution in [0.5, 0.6) is 0 Å². The van der Waals surface area contributed by atoms with Gasteiger partial charge in [-0.05, 0) is 52.4 Å². The Balaban J connectivity index is 2.14. The monoisotopic (exact) mass is 413 g/mol. The molecule has 0 saturated heterocycles. The third-order valence-corrected chi connectivity index (χ3v) is 3.72. The number of hydrogen-bond donors (Lipinski definition) is 2. The lowest BCUT2D eigenvalue weighted by molar-refractivity contribution is -0.139. The number of nitrogens with one attached hydrogen (secondary N) is 1. The third-order valence-electron chi connectivity index (χ3n) is 3.05. The lowest BCUT2D eigenvalue weighted by atomic mass is 10.1. The normalized spacial score (nSPS) is 11.7. The molecule has 0 radical (unpaired) electrons. The van der Waals surface area contributed by atoms with Gasteiger partial charge >= 0.3 is 5.97 Å². The van der Waals surface area contributed by atoms with Crippen molar-refractivity contribution in [2.24, 2.45) is 0 Å². The highest BCUT2D eigenvalue weighted by atomic mass is 127. The van der Waals surface area contributed by atoms with Crippen LogP contribution in [0.3, 0.4) is 0 Å². The highest BCUT2D eigenvalue weighted by molar-refractivity contribution is 14.1. The summed E-state index contributed by atoms with van der Waals surface area (Å²) < 4.78 is 14.5. The minimum absolute atomic E-state index is 0.131. The molecular formula is C16H13FINO3. The molecule has 2 aromatic carbocycles. The van der Waals surface area contributed by atoms with Gasteiger partial charge < -0.3 is 10.4 Å². The van der Waals surface area contributed by atoms with Gasteiger partial charge in [-0.1, -0.05) is 24.3 Å². The van der Waals surface area contributed by atoms with E-state index in [1.54, 1.807) is 6.07 Å². The Hall–Kier alpha value is -1.96. The number of halogens is 2. The summed E-state index contributed by atoms with van der Waals surface area (Å²) in [5.74, 6) is -2.59. The van der Waals surface area contributed by atoms with E-state index in [4.69, 9.17) is 0 Å². The van der Waals surface area contributed by atoms with E-state index in [1.807, 2.05) is 18.2 Å². The predicted octanol–water partition coefficient (Wildman–Crippen LogP) is 2.86. The number of carboxylic acid groups (broad SMARTS) is 1. The van der Waals surface area contributed by atoms with E-state index in [0.717, 1.165) is 15.2 Å². The molecule has 2 rings (SSSR count). The summed E-state index contributed by atoms with van der Waals surface area (Å²) in [6.45, 7) is 0. The smallest absolute Gasteiger partial charge is 0.326 e. The Kier molecular flexibility index (Phi) is 5.48. The molecule has 6 heteroatoms. The summed E-state index contributed by atoms with van der Waals surface area (Å²) in [5, 5.41) is 11.6. The number of benzene rings is 2. The average Bonchev–Trinajstić information content (AvgIpc) is 2.46. The SMILES string of the molecule is O=C(N[C@@H](Cc1cccc(I)c1)C(=O)O)c1ccccc1F. The lowest BCUT2D eigenvalue weighted by Gasteiger charge is -2.15. The van der Waals surface area contributed by atoms with Crippen LogP contribution in [-0.4, -0.2) is 23.0 Å². The van der Waals surface area contributed by atoms with Crippen LogP contribution in [-0.2, 0) is 11.2 Å². The third kappa shape index (κ3) is 4.27. The summed E-state index contributed by atoms with van der Waals surface area (Å²) >= 11 is 2.12. The van der Waals surface area contributed by atoms with Crippen LogP contribution in [0.1, 0.15) is 15.9 Å². The zero-order valence-electron chi connectivity index (χ0n) is 11.4. The number of aliphatic carboxylic acids is 1. The molecule has 2 N–H and O–H groups in total. The van der Waals surface area contributed by atoms with Gasteiger partial charge in [0.05, 0.1) is 5.56 Å². The van der Waals surface area contributed by atoms with Gasteiger partial charge in [-0.3, -0.25) is 4.79 Å². The zero-order chi connectivity index (χ0) is 16.1. The topological polar surface area (TPSA) is 66.4 Å². The molecule has 2 aromatic rings. The minimum atomic E-state index is -1.16. The molecule has 0 bridgehead atoms. The van der Waals surface area contributed by atoms with Crippen molar-refractivity contribution in [3.05, 3.63) is 69.0 Å². The first-order valence-electron chi connectivity index (χ1n) is 6.50. The summed E-state index contributed by atoms with van der Waals surface area (Å²) in [5.41, 5.74) is 0.615. The van der Waals surface area contributed by atoms with Gasteiger partial charge in [0, 0.05) is 9.99 Å². The van der Waals surface area contributed by atoms with E-state index in [1.165, 1.54) is 18.2 Å². The van der Waals surface area contributed by atoms with Crippen molar-refractivity contribution in [3.63, 3.8) is 0 Å². The molecule has 0 fully saturated rings. The van der Waals surface area contributed by atoms with Crippen LogP contribution in [0.2, 0.25) is 0 Å². The molecular weight excluding hydrogens is 400 g/mol. The van der Waals surface area contributed by atoms with Gasteiger partial charge in [-0.25, -0.2) is 9.18 Å². The van der Waals surface area contributed by atoms with E-state index >= 15 is 0 Å². The van der Waals surface area contributed by atoms with E-state index < -0.39 is 23.7 Å². The van der Waals surface area contributed by atoms with Crippen molar-refractivity contribution in [3.8, 4) is 0 Å². The maximum atomic E-state index is 13.6. The summed E-state index contributed by atoms with van der Waals surface area (Å²) in [7, 11) is 0. The van der Waals surface area contributed by atoms with Crippen LogP contribution in [0.15, 0.2) is 48.5 Å². The fourth-order valence-electron chi connectivity index (χ4n) is 1.98. The average molecular weight is 413 g/mol. The zero-order valence-corrected chi connectivity index (χ0v) is 13.6. The Morgan fingerprint density at radius 1 is 1.18 bits per heavy atom. The Morgan fingerprint density at radius 3 is 2.55 bits per heavy atom. The number of rotatable bonds is 5. The van der Waals surface area contributed by atoms with Gasteiger partial charge in [0.15, 0.2) is 0 Å². The maximum Gasteiger partial charge on any atom is 0.326 e. The molecule has 0 aliphatic carbocycles. The number of carboxylic acids is 1. The van der Waals surface area contributed by atoms with Crippen molar-refractivity contribution in [2.45, 2.75) is 12.5 Å². The van der Waals surface area contributed by atoms with E-state index in [0.29, 0.717) is 0 Å².